The molecule has 2 aromatic carbocycles. The molecule has 0 spiro atoms. The van der Waals surface area contributed by atoms with Crippen LogP contribution in [0.4, 0.5) is 0 Å². The Hall–Kier alpha value is -2.85. The summed E-state index contributed by atoms with van der Waals surface area (Å²) < 4.78 is 17.5. The van der Waals surface area contributed by atoms with Crippen LogP contribution in [0.1, 0.15) is 16.1 Å². The third-order valence-electron chi connectivity index (χ3n) is 3.68. The van der Waals surface area contributed by atoms with Gasteiger partial charge in [-0.3, -0.25) is 4.79 Å². The number of hydrogen-bond acceptors (Lipinski definition) is 6. The van der Waals surface area contributed by atoms with E-state index in [0.29, 0.717) is 16.9 Å². The molecule has 8 nitrogen and oxygen atoms in total. The molecule has 10 heteroatoms. The molecule has 0 unspecified atom stereocenters. The summed E-state index contributed by atoms with van der Waals surface area (Å²) in [6.07, 6.45) is 1.41. The van der Waals surface area contributed by atoms with Crippen molar-refractivity contribution in [1.29, 1.82) is 0 Å². The average molecular weight is 526 g/mol. The van der Waals surface area contributed by atoms with Crippen molar-refractivity contribution in [3.05, 3.63) is 56.7 Å². The molecule has 0 fully saturated rings. The molecule has 3 aromatic rings. The number of nitrogens with zero attached hydrogens (tertiary/aromatic N) is 1. The van der Waals surface area contributed by atoms with Crippen LogP contribution in [0.5, 0.6) is 11.5 Å². The van der Waals surface area contributed by atoms with Crippen LogP contribution in [-0.2, 0) is 4.79 Å². The molecule has 2 N–H and O–H groups in total. The van der Waals surface area contributed by atoms with Crippen molar-refractivity contribution in [3.63, 3.8) is 0 Å². The summed E-state index contributed by atoms with van der Waals surface area (Å²) in [5, 5.41) is 13.4. The predicted molar refractivity (Wildman–Crippen MR) is 113 cm³/mol. The van der Waals surface area contributed by atoms with E-state index < -0.39 is 18.5 Å². The number of ether oxygens (including phenoxy) is 2. The Kier molecular flexibility index (Phi) is 6.55. The van der Waals surface area contributed by atoms with Crippen LogP contribution < -0.4 is 14.9 Å². The highest BCUT2D eigenvalue weighted by Gasteiger charge is 2.14. The Balaban J connectivity index is 1.70. The standard InChI is InChI=1S/C19H14Br2N2O6/c1-27-15-4-10(2-3-14(15)28-9-17(24)25)8-22-23-19(26)16-6-11-5-12(20)7-13(21)18(11)29-16/h2-8H,9H2,1H3,(H,23,26)(H,24,25)/b22-8-. The second-order valence-electron chi connectivity index (χ2n) is 5.71. The van der Waals surface area contributed by atoms with Crippen LogP contribution in [0.3, 0.4) is 0 Å². The van der Waals surface area contributed by atoms with Crippen LogP contribution in [0.2, 0.25) is 0 Å². The number of halogens is 2. The van der Waals surface area contributed by atoms with E-state index in [9.17, 15) is 9.59 Å². The number of methoxy groups -OCH3 is 1. The largest absolute Gasteiger partial charge is 0.493 e. The van der Waals surface area contributed by atoms with Crippen molar-refractivity contribution in [3.8, 4) is 11.5 Å². The first-order chi connectivity index (χ1) is 13.9. The fourth-order valence-corrected chi connectivity index (χ4v) is 3.77. The van der Waals surface area contributed by atoms with E-state index in [1.807, 2.05) is 12.1 Å². The number of carboxylic acid groups (broad SMARTS) is 1. The quantitative estimate of drug-likeness (QED) is 0.353. The van der Waals surface area contributed by atoms with E-state index in [-0.39, 0.29) is 11.5 Å². The summed E-state index contributed by atoms with van der Waals surface area (Å²) in [4.78, 5) is 22.9. The van der Waals surface area contributed by atoms with Crippen molar-refractivity contribution in [1.82, 2.24) is 5.43 Å². The number of nitrogens with one attached hydrogen (secondary N) is 1. The number of amides is 1. The van der Waals surface area contributed by atoms with Crippen molar-refractivity contribution in [2.75, 3.05) is 13.7 Å². The minimum Gasteiger partial charge on any atom is -0.493 e. The van der Waals surface area contributed by atoms with Crippen LogP contribution >= 0.6 is 31.9 Å². The fourth-order valence-electron chi connectivity index (χ4n) is 2.43. The molecule has 0 saturated carbocycles. The zero-order valence-electron chi connectivity index (χ0n) is 14.9. The van der Waals surface area contributed by atoms with Gasteiger partial charge in [-0.05, 0) is 57.9 Å². The van der Waals surface area contributed by atoms with Gasteiger partial charge >= 0.3 is 11.9 Å². The lowest BCUT2D eigenvalue weighted by molar-refractivity contribution is -0.139. The van der Waals surface area contributed by atoms with E-state index in [1.54, 1.807) is 24.3 Å². The molecule has 1 aromatic heterocycles. The number of carbonyl (C=O) groups is 2. The number of furan rings is 1. The Morgan fingerprint density at radius 1 is 1.21 bits per heavy atom. The Morgan fingerprint density at radius 3 is 2.72 bits per heavy atom. The van der Waals surface area contributed by atoms with Crippen LogP contribution in [0.25, 0.3) is 11.0 Å². The normalized spacial score (nSPS) is 11.0. The van der Waals surface area contributed by atoms with Gasteiger partial charge in [0.2, 0.25) is 0 Å². The molecule has 29 heavy (non-hydrogen) atoms. The maximum atomic E-state index is 12.3. The molecule has 1 amide bonds. The van der Waals surface area contributed by atoms with Gasteiger partial charge in [0, 0.05) is 9.86 Å². The summed E-state index contributed by atoms with van der Waals surface area (Å²) in [6, 6.07) is 10.1. The monoisotopic (exact) mass is 524 g/mol. The molecule has 0 aliphatic rings. The first-order valence-corrected chi connectivity index (χ1v) is 9.70. The number of carbonyl (C=O) groups excluding carboxylic acids is 1. The summed E-state index contributed by atoms with van der Waals surface area (Å²) in [6.45, 7) is -0.482. The molecular formula is C19H14Br2N2O6. The van der Waals surface area contributed by atoms with E-state index >= 15 is 0 Å². The second kappa shape index (κ2) is 9.10. The van der Waals surface area contributed by atoms with Crippen LogP contribution in [-0.4, -0.2) is 36.9 Å². The number of benzene rings is 2. The van der Waals surface area contributed by atoms with Gasteiger partial charge < -0.3 is 19.0 Å². The average Bonchev–Trinajstić information content (AvgIpc) is 3.11. The lowest BCUT2D eigenvalue weighted by atomic mass is 10.2. The van der Waals surface area contributed by atoms with E-state index in [4.69, 9.17) is 19.0 Å². The topological polar surface area (TPSA) is 110 Å². The van der Waals surface area contributed by atoms with Gasteiger partial charge in [-0.2, -0.15) is 5.10 Å². The predicted octanol–water partition coefficient (Wildman–Crippen LogP) is 4.19. The minimum absolute atomic E-state index is 0.117. The highest BCUT2D eigenvalue weighted by molar-refractivity contribution is 9.11. The maximum Gasteiger partial charge on any atom is 0.341 e. The molecule has 0 atom stereocenters. The van der Waals surface area contributed by atoms with Gasteiger partial charge in [0.15, 0.2) is 23.9 Å². The SMILES string of the molecule is COc1cc(/C=N\NC(=O)c2cc3cc(Br)cc(Br)c3o2)ccc1OCC(=O)O. The number of aliphatic carboxylic acids is 1. The first-order valence-electron chi connectivity index (χ1n) is 8.12. The smallest absolute Gasteiger partial charge is 0.341 e. The summed E-state index contributed by atoms with van der Waals surface area (Å²) in [5.74, 6) is -0.852. The molecule has 0 radical (unpaired) electrons. The second-order valence-corrected chi connectivity index (χ2v) is 7.48. The number of hydrazone groups is 1. The third kappa shape index (κ3) is 5.15. The molecular weight excluding hydrogens is 512 g/mol. The van der Waals surface area contributed by atoms with Gasteiger partial charge in [0.1, 0.15) is 5.58 Å². The third-order valence-corrected chi connectivity index (χ3v) is 4.72. The van der Waals surface area contributed by atoms with Gasteiger partial charge in [-0.1, -0.05) is 15.9 Å². The van der Waals surface area contributed by atoms with Gasteiger partial charge in [0.25, 0.3) is 0 Å². The van der Waals surface area contributed by atoms with E-state index in [2.05, 4.69) is 42.4 Å². The number of carboxylic acids is 1. The number of fused-ring (bicyclic) bond motifs is 1. The molecule has 0 saturated heterocycles. The fraction of sp³-hybridized carbons (Fsp3) is 0.105. The van der Waals surface area contributed by atoms with Crippen molar-refractivity contribution in [2.45, 2.75) is 0 Å². The van der Waals surface area contributed by atoms with Crippen LogP contribution in [0, 0.1) is 0 Å². The summed E-state index contributed by atoms with van der Waals surface area (Å²) in [5.41, 5.74) is 3.57. The Morgan fingerprint density at radius 2 is 2.00 bits per heavy atom. The Labute approximate surface area is 181 Å². The Bertz CT molecular complexity index is 1110. The molecule has 150 valence electrons. The highest BCUT2D eigenvalue weighted by Crippen LogP contribution is 2.31. The van der Waals surface area contributed by atoms with Gasteiger partial charge in [0.05, 0.1) is 17.8 Å². The van der Waals surface area contributed by atoms with Gasteiger partial charge in [-0.15, -0.1) is 0 Å². The molecule has 3 rings (SSSR count). The van der Waals surface area contributed by atoms with E-state index in [1.165, 1.54) is 13.3 Å². The lowest BCUT2D eigenvalue weighted by Crippen LogP contribution is -2.16. The van der Waals surface area contributed by atoms with E-state index in [0.717, 1.165) is 14.3 Å². The number of rotatable bonds is 7. The molecule has 0 aliphatic heterocycles. The van der Waals surface area contributed by atoms with Crippen molar-refractivity contribution in [2.24, 2.45) is 5.10 Å². The lowest BCUT2D eigenvalue weighted by Gasteiger charge is -2.09. The molecule has 0 bridgehead atoms. The maximum absolute atomic E-state index is 12.3. The van der Waals surface area contributed by atoms with Crippen molar-refractivity contribution < 1.29 is 28.6 Å². The van der Waals surface area contributed by atoms with Gasteiger partial charge in [-0.25, -0.2) is 10.2 Å². The molecule has 0 aliphatic carbocycles. The highest BCUT2D eigenvalue weighted by atomic mass is 79.9. The summed E-state index contributed by atoms with van der Waals surface area (Å²) in [7, 11) is 1.43. The zero-order chi connectivity index (χ0) is 21.0. The molecule has 1 heterocycles. The first kappa shape index (κ1) is 20.9. The zero-order valence-corrected chi connectivity index (χ0v) is 18.1. The number of hydrogen-bond donors (Lipinski definition) is 2. The van der Waals surface area contributed by atoms with Crippen molar-refractivity contribution >= 4 is 60.9 Å². The van der Waals surface area contributed by atoms with Crippen LogP contribution in [0.15, 0.2) is 54.9 Å². The summed E-state index contributed by atoms with van der Waals surface area (Å²) >= 11 is 6.78. The minimum atomic E-state index is -1.09.